The third-order valence-electron chi connectivity index (χ3n) is 7.88. The molecule has 2 N–H and O–H groups in total. The second-order valence-electron chi connectivity index (χ2n) is 10.4. The first-order chi connectivity index (χ1) is 17.8. The van der Waals surface area contributed by atoms with Crippen LogP contribution in [0.25, 0.3) is 11.1 Å². The minimum Gasteiger partial charge on any atom is -0.392 e. The summed E-state index contributed by atoms with van der Waals surface area (Å²) in [5.74, 6) is 0.379. The van der Waals surface area contributed by atoms with Gasteiger partial charge in [-0.2, -0.15) is 5.10 Å². The van der Waals surface area contributed by atoms with Gasteiger partial charge >= 0.3 is 6.03 Å². The number of hydrogen-bond acceptors (Lipinski definition) is 5. The molecule has 0 bridgehead atoms. The number of anilines is 1. The van der Waals surface area contributed by atoms with Gasteiger partial charge in [0.2, 0.25) is 0 Å². The molecule has 2 fully saturated rings. The van der Waals surface area contributed by atoms with Crippen molar-refractivity contribution in [3.8, 4) is 11.1 Å². The molecule has 3 aromatic rings. The average molecular weight is 507 g/mol. The number of benzene rings is 1. The van der Waals surface area contributed by atoms with Crippen LogP contribution in [0.3, 0.4) is 0 Å². The Bertz CT molecular complexity index is 1250. The van der Waals surface area contributed by atoms with Crippen molar-refractivity contribution in [3.05, 3.63) is 65.4 Å². The number of nitrogens with zero attached hydrogens (tertiary/aromatic N) is 5. The standard InChI is InChI=1S/C28H35FN6O2/c1-4-25-23(22-14-30-31-15-22)8-9-26(32-25)34-18-28(10-12-33(13-11-28)16-19(2)36)35(27(34)37)17-21-6-5-7-24(29)20(21)3/h5-9,14-15,19,36H,4,10-13,16-18H2,1-3H3,(H,30,31). The van der Waals surface area contributed by atoms with Crippen molar-refractivity contribution in [2.45, 2.75) is 58.2 Å². The number of likely N-dealkylation sites (tertiary alicyclic amines) is 1. The Hall–Kier alpha value is -3.30. The number of rotatable bonds is 7. The Balaban J connectivity index is 1.48. The monoisotopic (exact) mass is 506 g/mol. The van der Waals surface area contributed by atoms with Gasteiger partial charge in [0.15, 0.2) is 0 Å². The summed E-state index contributed by atoms with van der Waals surface area (Å²) in [6.07, 6.45) is 5.51. The van der Waals surface area contributed by atoms with E-state index in [9.17, 15) is 14.3 Å². The summed E-state index contributed by atoms with van der Waals surface area (Å²) in [7, 11) is 0. The fourth-order valence-corrected chi connectivity index (χ4v) is 5.73. The minimum atomic E-state index is -0.396. The van der Waals surface area contributed by atoms with E-state index in [0.717, 1.165) is 54.7 Å². The maximum Gasteiger partial charge on any atom is 0.326 e. The molecule has 2 amide bonds. The van der Waals surface area contributed by atoms with Gasteiger partial charge < -0.3 is 14.9 Å². The highest BCUT2D eigenvalue weighted by molar-refractivity contribution is 5.94. The molecule has 1 unspecified atom stereocenters. The highest BCUT2D eigenvalue weighted by Gasteiger charge is 2.51. The molecule has 4 heterocycles. The summed E-state index contributed by atoms with van der Waals surface area (Å²) in [6.45, 7) is 8.70. The lowest BCUT2D eigenvalue weighted by molar-refractivity contribution is 0.0487. The Kier molecular flexibility index (Phi) is 7.00. The number of piperidine rings is 1. The Labute approximate surface area is 217 Å². The van der Waals surface area contributed by atoms with Gasteiger partial charge in [-0.3, -0.25) is 10.00 Å². The topological polar surface area (TPSA) is 88.6 Å². The lowest BCUT2D eigenvalue weighted by atomic mass is 9.86. The first-order valence-electron chi connectivity index (χ1n) is 13.0. The molecule has 2 aliphatic heterocycles. The van der Waals surface area contributed by atoms with Gasteiger partial charge in [-0.1, -0.05) is 19.1 Å². The number of β-amino-alcohol motifs (C(OH)–C–C–N with tert-alkyl or cyclic N) is 1. The lowest BCUT2D eigenvalue weighted by Gasteiger charge is -2.44. The number of aliphatic hydroxyl groups excluding tert-OH is 1. The molecular weight excluding hydrogens is 471 g/mol. The molecule has 1 spiro atoms. The maximum absolute atomic E-state index is 14.4. The number of carbonyl (C=O) groups excluding carboxylic acids is 1. The van der Waals surface area contributed by atoms with Gasteiger partial charge in [0.25, 0.3) is 0 Å². The maximum atomic E-state index is 14.4. The van der Waals surface area contributed by atoms with Crippen molar-refractivity contribution in [2.24, 2.45) is 0 Å². The van der Waals surface area contributed by atoms with Crippen LogP contribution in [0.2, 0.25) is 0 Å². The van der Waals surface area contributed by atoms with E-state index >= 15 is 0 Å². The Morgan fingerprint density at radius 1 is 1.22 bits per heavy atom. The number of pyridine rings is 1. The van der Waals surface area contributed by atoms with Crippen molar-refractivity contribution < 1.29 is 14.3 Å². The van der Waals surface area contributed by atoms with Crippen LogP contribution in [0.4, 0.5) is 15.0 Å². The van der Waals surface area contributed by atoms with Gasteiger partial charge in [0.1, 0.15) is 11.6 Å². The van der Waals surface area contributed by atoms with Gasteiger partial charge in [-0.15, -0.1) is 0 Å². The van der Waals surface area contributed by atoms with E-state index in [-0.39, 0.29) is 17.4 Å². The summed E-state index contributed by atoms with van der Waals surface area (Å²) in [4.78, 5) is 24.9. The Morgan fingerprint density at radius 3 is 2.68 bits per heavy atom. The van der Waals surface area contributed by atoms with E-state index < -0.39 is 6.10 Å². The summed E-state index contributed by atoms with van der Waals surface area (Å²) in [5, 5.41) is 16.8. The molecule has 1 atom stereocenters. The van der Waals surface area contributed by atoms with Gasteiger partial charge in [0.05, 0.1) is 30.1 Å². The van der Waals surface area contributed by atoms with E-state index in [0.29, 0.717) is 31.0 Å². The SMILES string of the molecule is CCc1nc(N2CC3(CCN(CC(C)O)CC3)N(Cc3cccc(F)c3C)C2=O)ccc1-c1cn[nH]c1. The molecule has 0 aliphatic carbocycles. The third-order valence-corrected chi connectivity index (χ3v) is 7.88. The second kappa shape index (κ2) is 10.2. The first-order valence-corrected chi connectivity index (χ1v) is 13.0. The molecule has 5 rings (SSSR count). The number of aromatic amines is 1. The number of aromatic nitrogens is 3. The van der Waals surface area contributed by atoms with Crippen molar-refractivity contribution in [3.63, 3.8) is 0 Å². The molecular formula is C28H35FN6O2. The quantitative estimate of drug-likeness (QED) is 0.503. The number of aliphatic hydroxyl groups is 1. The molecule has 2 aromatic heterocycles. The highest BCUT2D eigenvalue weighted by Crippen LogP contribution is 2.40. The predicted octanol–water partition coefficient (Wildman–Crippen LogP) is 4.14. The van der Waals surface area contributed by atoms with Crippen LogP contribution < -0.4 is 4.90 Å². The van der Waals surface area contributed by atoms with E-state index in [2.05, 4.69) is 22.0 Å². The largest absolute Gasteiger partial charge is 0.392 e. The second-order valence-corrected chi connectivity index (χ2v) is 10.4. The van der Waals surface area contributed by atoms with Crippen LogP contribution >= 0.6 is 0 Å². The van der Waals surface area contributed by atoms with Crippen molar-refractivity contribution in [1.29, 1.82) is 0 Å². The summed E-state index contributed by atoms with van der Waals surface area (Å²) in [6, 6.07) is 8.88. The van der Waals surface area contributed by atoms with Crippen molar-refractivity contribution >= 4 is 11.8 Å². The van der Waals surface area contributed by atoms with Crippen LogP contribution in [-0.2, 0) is 13.0 Å². The molecule has 9 heteroatoms. The summed E-state index contributed by atoms with van der Waals surface area (Å²) >= 11 is 0. The molecule has 37 heavy (non-hydrogen) atoms. The molecule has 1 aromatic carbocycles. The first kappa shape index (κ1) is 25.4. The molecule has 2 saturated heterocycles. The van der Waals surface area contributed by atoms with Crippen molar-refractivity contribution in [1.82, 2.24) is 25.0 Å². The number of amides is 2. The minimum absolute atomic E-state index is 0.0988. The third kappa shape index (κ3) is 4.85. The number of H-pyrrole nitrogens is 1. The fraction of sp³-hybridized carbons (Fsp3) is 0.464. The predicted molar refractivity (Wildman–Crippen MR) is 141 cm³/mol. The van der Waals surface area contributed by atoms with Crippen molar-refractivity contribution in [2.75, 3.05) is 31.1 Å². The zero-order valence-electron chi connectivity index (χ0n) is 21.7. The van der Waals surface area contributed by atoms with Gasteiger partial charge in [0, 0.05) is 43.5 Å². The summed E-state index contributed by atoms with van der Waals surface area (Å²) in [5.41, 5.74) is 3.88. The number of halogens is 1. The molecule has 2 aliphatic rings. The molecule has 196 valence electrons. The van der Waals surface area contributed by atoms with Gasteiger partial charge in [-0.25, -0.2) is 14.2 Å². The summed E-state index contributed by atoms with van der Waals surface area (Å²) < 4.78 is 14.4. The Morgan fingerprint density at radius 2 is 2.00 bits per heavy atom. The zero-order chi connectivity index (χ0) is 26.2. The van der Waals surface area contributed by atoms with Crippen LogP contribution in [0, 0.1) is 12.7 Å². The highest BCUT2D eigenvalue weighted by atomic mass is 19.1. The zero-order valence-corrected chi connectivity index (χ0v) is 21.7. The normalized spacial score (nSPS) is 18.7. The van der Waals surface area contributed by atoms with E-state index in [1.54, 1.807) is 31.0 Å². The van der Waals surface area contributed by atoms with Crippen LogP contribution in [-0.4, -0.2) is 73.9 Å². The number of aryl methyl sites for hydroxylation is 1. The number of hydrogen-bond donors (Lipinski definition) is 2. The van der Waals surface area contributed by atoms with Gasteiger partial charge in [-0.05, 0) is 62.4 Å². The number of carbonyl (C=O) groups is 1. The number of nitrogens with one attached hydrogen (secondary N) is 1. The lowest BCUT2D eigenvalue weighted by Crippen LogP contribution is -2.54. The van der Waals surface area contributed by atoms with Crippen LogP contribution in [0.15, 0.2) is 42.7 Å². The number of urea groups is 1. The van der Waals surface area contributed by atoms with Crippen LogP contribution in [0.5, 0.6) is 0 Å². The van der Waals surface area contributed by atoms with Crippen LogP contribution in [0.1, 0.15) is 43.5 Å². The fourth-order valence-electron chi connectivity index (χ4n) is 5.73. The van der Waals surface area contributed by atoms with E-state index in [1.807, 2.05) is 29.3 Å². The van der Waals surface area contributed by atoms with E-state index in [1.165, 1.54) is 6.07 Å². The molecule has 8 nitrogen and oxygen atoms in total. The molecule has 0 radical (unpaired) electrons. The average Bonchev–Trinajstić information content (AvgIpc) is 3.51. The smallest absolute Gasteiger partial charge is 0.326 e. The molecule has 0 saturated carbocycles. The van der Waals surface area contributed by atoms with E-state index in [4.69, 9.17) is 4.98 Å².